The molecule has 144 valence electrons. The Morgan fingerprint density at radius 2 is 2.19 bits per heavy atom. The van der Waals surface area contributed by atoms with Crippen LogP contribution in [0.4, 0.5) is 0 Å². The molecular formula is C20H22ClNO5. The van der Waals surface area contributed by atoms with Gasteiger partial charge in [-0.15, -0.1) is 0 Å². The third kappa shape index (κ3) is 4.07. The maximum atomic E-state index is 13.2. The Kier molecular flexibility index (Phi) is 6.82. The number of aliphatic hydroxyl groups excluding tert-OH is 2. The van der Waals surface area contributed by atoms with Crippen LogP contribution in [0.5, 0.6) is 0 Å². The van der Waals surface area contributed by atoms with Crippen molar-refractivity contribution in [1.82, 2.24) is 4.90 Å². The van der Waals surface area contributed by atoms with Crippen LogP contribution in [-0.2, 0) is 14.3 Å². The van der Waals surface area contributed by atoms with Crippen molar-refractivity contribution in [3.63, 3.8) is 0 Å². The third-order valence-corrected chi connectivity index (χ3v) is 4.80. The second-order valence-electron chi connectivity index (χ2n) is 6.09. The average molecular weight is 392 g/mol. The van der Waals surface area contributed by atoms with Gasteiger partial charge in [-0.3, -0.25) is 9.59 Å². The first-order valence-corrected chi connectivity index (χ1v) is 8.71. The fourth-order valence-electron chi connectivity index (χ4n) is 3.21. The van der Waals surface area contributed by atoms with E-state index in [0.717, 1.165) is 0 Å². The van der Waals surface area contributed by atoms with E-state index in [4.69, 9.17) is 11.6 Å². The number of ether oxygens (including phenoxy) is 1. The van der Waals surface area contributed by atoms with Crippen LogP contribution >= 0.6 is 11.6 Å². The van der Waals surface area contributed by atoms with Crippen LogP contribution in [-0.4, -0.2) is 53.8 Å². The van der Waals surface area contributed by atoms with Crippen LogP contribution in [0.15, 0.2) is 71.0 Å². The predicted molar refractivity (Wildman–Crippen MR) is 103 cm³/mol. The van der Waals surface area contributed by atoms with Crippen molar-refractivity contribution in [2.24, 2.45) is 5.41 Å². The number of rotatable bonds is 6. The van der Waals surface area contributed by atoms with Crippen molar-refractivity contribution in [2.75, 3.05) is 26.8 Å². The van der Waals surface area contributed by atoms with E-state index in [-0.39, 0.29) is 24.4 Å². The first kappa shape index (κ1) is 20.7. The molecule has 1 saturated heterocycles. The Balaban J connectivity index is 2.58. The van der Waals surface area contributed by atoms with E-state index >= 15 is 0 Å². The van der Waals surface area contributed by atoms with Gasteiger partial charge in [0.15, 0.2) is 0 Å². The number of nitrogens with zero attached hydrogens (tertiary/aromatic N) is 1. The zero-order valence-corrected chi connectivity index (χ0v) is 15.8. The molecule has 0 radical (unpaired) electrons. The Morgan fingerprint density at radius 3 is 2.81 bits per heavy atom. The number of halogens is 1. The molecule has 0 aromatic heterocycles. The lowest BCUT2D eigenvalue weighted by atomic mass is 9.74. The molecule has 1 atom stereocenters. The van der Waals surface area contributed by atoms with Gasteiger partial charge >= 0.3 is 5.97 Å². The topological polar surface area (TPSA) is 87.1 Å². The zero-order valence-electron chi connectivity index (χ0n) is 15.0. The molecule has 2 N–H and O–H groups in total. The number of allylic oxidation sites excluding steroid dienone is 9. The lowest BCUT2D eigenvalue weighted by molar-refractivity contribution is -0.147. The average Bonchev–Trinajstić information content (AvgIpc) is 2.78. The standard InChI is InChI=1S/C20H22ClNO5/c1-3-4-5-7-14-11-22(12-18(25)27-2)19(26)20(14,13-23)16-9-6-8-15(21)10-17(16)24/h3-5,7-10,23-24H,1,6,11-13H2,2H3/b5-4-,14-7+. The largest absolute Gasteiger partial charge is 0.508 e. The second-order valence-corrected chi connectivity index (χ2v) is 6.52. The fourth-order valence-corrected chi connectivity index (χ4v) is 3.40. The van der Waals surface area contributed by atoms with Gasteiger partial charge in [-0.2, -0.15) is 0 Å². The van der Waals surface area contributed by atoms with Crippen LogP contribution in [0.25, 0.3) is 0 Å². The normalized spacial score (nSPS) is 24.6. The van der Waals surface area contributed by atoms with E-state index in [9.17, 15) is 19.8 Å². The van der Waals surface area contributed by atoms with Crippen LogP contribution < -0.4 is 0 Å². The summed E-state index contributed by atoms with van der Waals surface area (Å²) in [5, 5.41) is 21.1. The van der Waals surface area contributed by atoms with Crippen LogP contribution in [0.2, 0.25) is 0 Å². The summed E-state index contributed by atoms with van der Waals surface area (Å²) in [7, 11) is 1.24. The molecule has 1 heterocycles. The minimum Gasteiger partial charge on any atom is -0.508 e. The molecule has 2 rings (SSSR count). The lowest BCUT2D eigenvalue weighted by Crippen LogP contribution is -2.41. The first-order chi connectivity index (χ1) is 12.9. The summed E-state index contributed by atoms with van der Waals surface area (Å²) < 4.78 is 4.65. The van der Waals surface area contributed by atoms with Gasteiger partial charge in [0.1, 0.15) is 17.7 Å². The Labute approximate surface area is 163 Å². The third-order valence-electron chi connectivity index (χ3n) is 4.54. The number of carbonyl (C=O) groups excluding carboxylic acids is 2. The summed E-state index contributed by atoms with van der Waals surface area (Å²) in [5.74, 6) is -1.26. The van der Waals surface area contributed by atoms with Crippen molar-refractivity contribution in [1.29, 1.82) is 0 Å². The smallest absolute Gasteiger partial charge is 0.325 e. The van der Waals surface area contributed by atoms with Gasteiger partial charge in [-0.05, 0) is 18.1 Å². The van der Waals surface area contributed by atoms with E-state index in [1.54, 1.807) is 36.5 Å². The molecular weight excluding hydrogens is 370 g/mol. The van der Waals surface area contributed by atoms with Crippen molar-refractivity contribution in [3.05, 3.63) is 71.0 Å². The SMILES string of the molecule is C=C/C=C\C=C1/CN(CC(=O)OC)C(=O)C1(CO)C1=CCC=C(Cl)C=C1O. The molecule has 0 spiro atoms. The zero-order chi connectivity index (χ0) is 20.0. The van der Waals surface area contributed by atoms with Crippen molar-refractivity contribution in [3.8, 4) is 0 Å². The number of hydrogen-bond acceptors (Lipinski definition) is 5. The number of amides is 1. The van der Waals surface area contributed by atoms with Crippen molar-refractivity contribution < 1.29 is 24.5 Å². The predicted octanol–water partition coefficient (Wildman–Crippen LogP) is 2.54. The van der Waals surface area contributed by atoms with E-state index in [1.165, 1.54) is 18.1 Å². The number of likely N-dealkylation sites (tertiary alicyclic amines) is 1. The van der Waals surface area contributed by atoms with E-state index in [2.05, 4.69) is 11.3 Å². The highest BCUT2D eigenvalue weighted by molar-refractivity contribution is 6.31. The van der Waals surface area contributed by atoms with Gasteiger partial charge < -0.3 is 19.8 Å². The number of aliphatic hydroxyl groups is 2. The van der Waals surface area contributed by atoms with Gasteiger partial charge in [0.25, 0.3) is 0 Å². The Hall–Kier alpha value is -2.57. The first-order valence-electron chi connectivity index (χ1n) is 8.33. The highest BCUT2D eigenvalue weighted by Gasteiger charge is 2.53. The minimum atomic E-state index is -1.50. The molecule has 2 aliphatic rings. The van der Waals surface area contributed by atoms with E-state index < -0.39 is 23.9 Å². The molecule has 1 unspecified atom stereocenters. The Morgan fingerprint density at radius 1 is 1.44 bits per heavy atom. The maximum absolute atomic E-state index is 13.2. The Bertz CT molecular complexity index is 790. The van der Waals surface area contributed by atoms with Crippen LogP contribution in [0.3, 0.4) is 0 Å². The van der Waals surface area contributed by atoms with Crippen LogP contribution in [0.1, 0.15) is 6.42 Å². The monoisotopic (exact) mass is 391 g/mol. The maximum Gasteiger partial charge on any atom is 0.325 e. The highest BCUT2D eigenvalue weighted by Crippen LogP contribution is 2.46. The molecule has 0 aromatic rings. The molecule has 1 aliphatic heterocycles. The number of carbonyl (C=O) groups is 2. The highest BCUT2D eigenvalue weighted by atomic mass is 35.5. The van der Waals surface area contributed by atoms with Crippen molar-refractivity contribution in [2.45, 2.75) is 6.42 Å². The van der Waals surface area contributed by atoms with E-state index in [0.29, 0.717) is 17.0 Å². The van der Waals surface area contributed by atoms with Gasteiger partial charge in [0, 0.05) is 17.2 Å². The second kappa shape index (κ2) is 8.88. The fraction of sp³-hybridized carbons (Fsp3) is 0.300. The van der Waals surface area contributed by atoms with Gasteiger partial charge in [0.05, 0.1) is 13.7 Å². The summed E-state index contributed by atoms with van der Waals surface area (Å²) >= 11 is 6.00. The summed E-state index contributed by atoms with van der Waals surface area (Å²) in [6.07, 6.45) is 11.7. The minimum absolute atomic E-state index is 0.113. The molecule has 0 aromatic carbocycles. The van der Waals surface area contributed by atoms with Gasteiger partial charge in [-0.25, -0.2) is 0 Å². The summed E-state index contributed by atoms with van der Waals surface area (Å²) in [6.45, 7) is 2.89. The van der Waals surface area contributed by atoms with Crippen LogP contribution in [0, 0.1) is 5.41 Å². The number of esters is 1. The number of hydrogen-bond donors (Lipinski definition) is 2. The lowest BCUT2D eigenvalue weighted by Gasteiger charge is -2.29. The molecule has 7 heteroatoms. The number of methoxy groups -OCH3 is 1. The van der Waals surface area contributed by atoms with Gasteiger partial charge in [0.2, 0.25) is 5.91 Å². The summed E-state index contributed by atoms with van der Waals surface area (Å²) in [6, 6.07) is 0. The molecule has 1 aliphatic carbocycles. The van der Waals surface area contributed by atoms with Crippen molar-refractivity contribution >= 4 is 23.5 Å². The molecule has 1 fully saturated rings. The molecule has 0 bridgehead atoms. The quantitative estimate of drug-likeness (QED) is 0.536. The molecule has 27 heavy (non-hydrogen) atoms. The summed E-state index contributed by atoms with van der Waals surface area (Å²) in [4.78, 5) is 26.2. The summed E-state index contributed by atoms with van der Waals surface area (Å²) in [5.41, 5.74) is -0.705. The van der Waals surface area contributed by atoms with E-state index in [1.807, 2.05) is 0 Å². The van der Waals surface area contributed by atoms with Gasteiger partial charge in [-0.1, -0.05) is 54.6 Å². The molecule has 6 nitrogen and oxygen atoms in total. The molecule has 1 amide bonds. The molecule has 0 saturated carbocycles.